The first-order valence-corrected chi connectivity index (χ1v) is 9.36. The number of nitrogens with two attached hydrogens (primary N) is 1. The van der Waals surface area contributed by atoms with E-state index < -0.39 is 0 Å². The molecule has 24 heavy (non-hydrogen) atoms. The van der Waals surface area contributed by atoms with Gasteiger partial charge >= 0.3 is 0 Å². The second-order valence-electron chi connectivity index (χ2n) is 8.46. The highest BCUT2D eigenvalue weighted by Crippen LogP contribution is 2.54. The average Bonchev–Trinajstić information content (AvgIpc) is 3.01. The zero-order valence-electron chi connectivity index (χ0n) is 14.0. The Balaban J connectivity index is 1.28. The number of halogens is 1. The Morgan fingerprint density at radius 1 is 0.917 bits per heavy atom. The van der Waals surface area contributed by atoms with Crippen molar-refractivity contribution in [2.45, 2.75) is 50.6 Å². The SMILES string of the molecule is Fc1ccc(-c2ccc(C[NH2+]C34CC5CC(CC(C5)C3)C4)o2)cc1. The number of benzene rings is 1. The fraction of sp³-hybridized carbons (Fsp3) is 0.524. The van der Waals surface area contributed by atoms with Gasteiger partial charge in [-0.2, -0.15) is 0 Å². The lowest BCUT2D eigenvalue weighted by atomic mass is 9.53. The molecule has 2 N–H and O–H groups in total. The summed E-state index contributed by atoms with van der Waals surface area (Å²) in [5.74, 6) is 4.62. The van der Waals surface area contributed by atoms with Crippen LogP contribution in [-0.2, 0) is 6.54 Å². The molecule has 4 bridgehead atoms. The molecule has 0 spiro atoms. The predicted octanol–water partition coefficient (Wildman–Crippen LogP) is 4.12. The molecule has 4 aliphatic carbocycles. The zero-order chi connectivity index (χ0) is 16.1. The van der Waals surface area contributed by atoms with Gasteiger partial charge in [0, 0.05) is 24.8 Å². The summed E-state index contributed by atoms with van der Waals surface area (Å²) in [5.41, 5.74) is 1.43. The van der Waals surface area contributed by atoms with Crippen molar-refractivity contribution < 1.29 is 14.1 Å². The smallest absolute Gasteiger partial charge is 0.158 e. The molecule has 3 heteroatoms. The van der Waals surface area contributed by atoms with Crippen molar-refractivity contribution in [1.82, 2.24) is 0 Å². The van der Waals surface area contributed by atoms with Crippen LogP contribution in [0.4, 0.5) is 4.39 Å². The van der Waals surface area contributed by atoms with Gasteiger partial charge in [0.25, 0.3) is 0 Å². The van der Waals surface area contributed by atoms with E-state index in [0.29, 0.717) is 5.54 Å². The largest absolute Gasteiger partial charge is 0.455 e. The van der Waals surface area contributed by atoms with Crippen LogP contribution >= 0.6 is 0 Å². The molecule has 0 atom stereocenters. The van der Waals surface area contributed by atoms with Crippen molar-refractivity contribution in [3.8, 4) is 11.3 Å². The first-order valence-electron chi connectivity index (χ1n) is 9.36. The highest BCUT2D eigenvalue weighted by Gasteiger charge is 2.53. The van der Waals surface area contributed by atoms with E-state index in [0.717, 1.165) is 41.4 Å². The Hall–Kier alpha value is -1.61. The van der Waals surface area contributed by atoms with Gasteiger partial charge in [-0.1, -0.05) is 0 Å². The van der Waals surface area contributed by atoms with E-state index in [9.17, 15) is 4.39 Å². The second-order valence-corrected chi connectivity index (χ2v) is 8.46. The van der Waals surface area contributed by atoms with Crippen molar-refractivity contribution >= 4 is 0 Å². The molecule has 4 fully saturated rings. The Morgan fingerprint density at radius 2 is 1.54 bits per heavy atom. The van der Waals surface area contributed by atoms with E-state index in [1.165, 1.54) is 50.7 Å². The van der Waals surface area contributed by atoms with E-state index in [1.807, 2.05) is 6.07 Å². The van der Waals surface area contributed by atoms with E-state index in [1.54, 1.807) is 12.1 Å². The maximum Gasteiger partial charge on any atom is 0.158 e. The minimum absolute atomic E-state index is 0.208. The molecule has 0 aliphatic heterocycles. The summed E-state index contributed by atoms with van der Waals surface area (Å²) in [4.78, 5) is 0. The van der Waals surface area contributed by atoms with Crippen LogP contribution in [-0.4, -0.2) is 5.54 Å². The molecule has 4 aliphatic rings. The average molecular weight is 326 g/mol. The third-order valence-corrected chi connectivity index (χ3v) is 6.61. The van der Waals surface area contributed by atoms with E-state index in [4.69, 9.17) is 4.42 Å². The highest BCUT2D eigenvalue weighted by atomic mass is 19.1. The van der Waals surface area contributed by atoms with Crippen molar-refractivity contribution in [3.05, 3.63) is 48.0 Å². The molecule has 126 valence electrons. The van der Waals surface area contributed by atoms with Crippen LogP contribution in [0.3, 0.4) is 0 Å². The summed E-state index contributed by atoms with van der Waals surface area (Å²) >= 11 is 0. The van der Waals surface area contributed by atoms with Crippen molar-refractivity contribution in [2.75, 3.05) is 0 Å². The van der Waals surface area contributed by atoms with Gasteiger partial charge in [0.15, 0.2) is 5.76 Å². The van der Waals surface area contributed by atoms with Gasteiger partial charge < -0.3 is 9.73 Å². The highest BCUT2D eigenvalue weighted by molar-refractivity contribution is 5.57. The molecule has 1 heterocycles. The Morgan fingerprint density at radius 3 is 2.17 bits per heavy atom. The Kier molecular flexibility index (Phi) is 3.34. The van der Waals surface area contributed by atoms with Gasteiger partial charge in [-0.15, -0.1) is 0 Å². The number of hydrogen-bond donors (Lipinski definition) is 1. The molecule has 0 radical (unpaired) electrons. The summed E-state index contributed by atoms with van der Waals surface area (Å²) in [6.45, 7) is 0.924. The second kappa shape index (κ2) is 5.45. The summed E-state index contributed by atoms with van der Waals surface area (Å²) < 4.78 is 19.1. The maximum absolute atomic E-state index is 13.1. The van der Waals surface area contributed by atoms with E-state index in [2.05, 4.69) is 11.4 Å². The number of rotatable bonds is 4. The molecule has 0 unspecified atom stereocenters. The normalized spacial score (nSPS) is 34.0. The van der Waals surface area contributed by atoms with Crippen molar-refractivity contribution in [1.29, 1.82) is 0 Å². The molecule has 1 aromatic carbocycles. The number of hydrogen-bond acceptors (Lipinski definition) is 1. The molecule has 2 nitrogen and oxygen atoms in total. The lowest BCUT2D eigenvalue weighted by Gasteiger charge is -2.54. The van der Waals surface area contributed by atoms with E-state index in [-0.39, 0.29) is 5.82 Å². The van der Waals surface area contributed by atoms with Gasteiger partial charge in [0.05, 0.1) is 5.54 Å². The topological polar surface area (TPSA) is 29.8 Å². The molecule has 2 aromatic rings. The monoisotopic (exact) mass is 326 g/mol. The van der Waals surface area contributed by atoms with Crippen LogP contribution in [0.25, 0.3) is 11.3 Å². The molecule has 0 saturated heterocycles. The summed E-state index contributed by atoms with van der Waals surface area (Å²) in [6.07, 6.45) is 8.69. The van der Waals surface area contributed by atoms with Crippen LogP contribution < -0.4 is 5.32 Å². The summed E-state index contributed by atoms with van der Waals surface area (Å²) in [7, 11) is 0. The number of quaternary nitrogens is 1. The third-order valence-electron chi connectivity index (χ3n) is 6.61. The van der Waals surface area contributed by atoms with Gasteiger partial charge in [0.1, 0.15) is 18.1 Å². The van der Waals surface area contributed by atoms with Crippen LogP contribution in [0.15, 0.2) is 40.8 Å². The maximum atomic E-state index is 13.1. The van der Waals surface area contributed by atoms with Crippen LogP contribution in [0.1, 0.15) is 44.3 Å². The molecule has 1 aromatic heterocycles. The fourth-order valence-corrected chi connectivity index (χ4v) is 6.00. The molecule has 4 saturated carbocycles. The fourth-order valence-electron chi connectivity index (χ4n) is 6.00. The summed E-state index contributed by atoms with van der Waals surface area (Å²) in [6, 6.07) is 10.6. The van der Waals surface area contributed by atoms with Crippen LogP contribution in [0.2, 0.25) is 0 Å². The molecular formula is C21H25FNO+. The van der Waals surface area contributed by atoms with Gasteiger partial charge in [-0.3, -0.25) is 0 Å². The van der Waals surface area contributed by atoms with Gasteiger partial charge in [0.2, 0.25) is 0 Å². The van der Waals surface area contributed by atoms with Gasteiger partial charge in [-0.05, 0) is 73.4 Å². The molecule has 6 rings (SSSR count). The van der Waals surface area contributed by atoms with Crippen molar-refractivity contribution in [3.63, 3.8) is 0 Å². The lowest BCUT2D eigenvalue weighted by molar-refractivity contribution is -0.754. The predicted molar refractivity (Wildman–Crippen MR) is 90.6 cm³/mol. The summed E-state index contributed by atoms with van der Waals surface area (Å²) in [5, 5.41) is 2.57. The Bertz CT molecular complexity index is 697. The molecular weight excluding hydrogens is 301 g/mol. The first kappa shape index (κ1) is 14.7. The zero-order valence-corrected chi connectivity index (χ0v) is 14.0. The van der Waals surface area contributed by atoms with Crippen LogP contribution in [0, 0.1) is 23.6 Å². The minimum Gasteiger partial charge on any atom is -0.455 e. The minimum atomic E-state index is -0.208. The first-order chi connectivity index (χ1) is 11.7. The number of furan rings is 1. The standard InChI is InChI=1S/C21H24FNO/c22-18-3-1-17(2-4-18)20-6-5-19(24-20)13-23-21-10-14-7-15(11-21)9-16(8-14)12-21/h1-6,14-16,23H,7-13H2/p+1. The lowest BCUT2D eigenvalue weighted by Crippen LogP contribution is -2.97. The van der Waals surface area contributed by atoms with Gasteiger partial charge in [-0.25, -0.2) is 4.39 Å². The Labute approximate surface area is 142 Å². The van der Waals surface area contributed by atoms with E-state index >= 15 is 0 Å². The third kappa shape index (κ3) is 2.59. The quantitative estimate of drug-likeness (QED) is 0.900. The van der Waals surface area contributed by atoms with Crippen molar-refractivity contribution in [2.24, 2.45) is 17.8 Å². The molecule has 0 amide bonds. The van der Waals surface area contributed by atoms with Crippen LogP contribution in [0.5, 0.6) is 0 Å².